The van der Waals surface area contributed by atoms with Gasteiger partial charge in [0.15, 0.2) is 9.84 Å². The van der Waals surface area contributed by atoms with Gasteiger partial charge in [0.1, 0.15) is 12.1 Å². The predicted octanol–water partition coefficient (Wildman–Crippen LogP) is 1.41. The monoisotopic (exact) mass is 599 g/mol. The van der Waals surface area contributed by atoms with Gasteiger partial charge >= 0.3 is 6.03 Å². The molecule has 0 heterocycles. The summed E-state index contributed by atoms with van der Waals surface area (Å²) in [5.41, 5.74) is 4.29. The molecule has 2 aliphatic rings. The van der Waals surface area contributed by atoms with Crippen molar-refractivity contribution in [3.05, 3.63) is 0 Å². The van der Waals surface area contributed by atoms with Crippen molar-refractivity contribution in [1.29, 1.82) is 0 Å². The molecule has 2 aliphatic carbocycles. The Bertz CT molecular complexity index is 1070. The number of nitrogens with zero attached hydrogens (tertiary/aromatic N) is 1. The van der Waals surface area contributed by atoms with E-state index in [1.165, 1.54) is 11.8 Å². The summed E-state index contributed by atoms with van der Waals surface area (Å²) < 4.78 is 25.0. The first-order chi connectivity index (χ1) is 19.1. The highest BCUT2D eigenvalue weighted by Crippen LogP contribution is 2.34. The number of hydrogen-bond acceptors (Lipinski definition) is 7. The van der Waals surface area contributed by atoms with Crippen LogP contribution in [-0.2, 0) is 29.0 Å². The fraction of sp³-hybridized carbons (Fsp3) is 0.821. The normalized spacial score (nSPS) is 19.0. The van der Waals surface area contributed by atoms with Gasteiger partial charge in [0.25, 0.3) is 5.91 Å². The fourth-order valence-electron chi connectivity index (χ4n) is 5.43. The molecule has 0 saturated heterocycles. The molecule has 1 unspecified atom stereocenters. The number of primary amides is 1. The van der Waals surface area contributed by atoms with Crippen LogP contribution in [0.15, 0.2) is 0 Å². The largest absolute Gasteiger partial charge is 0.363 e. The molecule has 2 saturated carbocycles. The Morgan fingerprint density at radius 3 is 2.07 bits per heavy atom. The van der Waals surface area contributed by atoms with Gasteiger partial charge in [-0.2, -0.15) is 0 Å². The number of rotatable bonds is 16. The Balaban J connectivity index is 2.19. The zero-order chi connectivity index (χ0) is 31.0. The van der Waals surface area contributed by atoms with Gasteiger partial charge < -0.3 is 26.6 Å². The van der Waals surface area contributed by atoms with Crippen molar-refractivity contribution in [2.75, 3.05) is 18.1 Å². The molecule has 5 N–H and O–H groups in total. The number of urea groups is 1. The third-order valence-corrected chi connectivity index (χ3v) is 9.95. The number of carbonyl (C=O) groups is 5. The highest BCUT2D eigenvalue weighted by atomic mass is 32.2. The van der Waals surface area contributed by atoms with Gasteiger partial charge in [-0.25, -0.2) is 13.2 Å². The first kappa shape index (κ1) is 34.5. The van der Waals surface area contributed by atoms with E-state index < -0.39 is 63.0 Å². The van der Waals surface area contributed by atoms with Crippen molar-refractivity contribution < 1.29 is 32.4 Å². The summed E-state index contributed by atoms with van der Waals surface area (Å²) in [7, 11) is -3.37. The van der Waals surface area contributed by atoms with Crippen molar-refractivity contribution in [1.82, 2.24) is 20.9 Å². The average Bonchev–Trinajstić information content (AvgIpc) is 3.72. The topological polar surface area (TPSA) is 185 Å². The molecule has 3 atom stereocenters. The number of sulfone groups is 1. The molecule has 0 radical (unpaired) electrons. The van der Waals surface area contributed by atoms with Crippen molar-refractivity contribution in [3.8, 4) is 0 Å². The minimum Gasteiger partial charge on any atom is -0.363 e. The molecule has 41 heavy (non-hydrogen) atoms. The number of ketones is 1. The summed E-state index contributed by atoms with van der Waals surface area (Å²) in [4.78, 5) is 65.5. The van der Waals surface area contributed by atoms with Gasteiger partial charge in [-0.15, -0.1) is 0 Å². The van der Waals surface area contributed by atoms with E-state index in [1.54, 1.807) is 20.8 Å². The van der Waals surface area contributed by atoms with Crippen LogP contribution in [0.3, 0.4) is 0 Å². The molecule has 0 aromatic carbocycles. The molecule has 5 amide bonds. The number of Topliss-reactive ketones (excluding diaryl/α,β-unsaturated/α-hetero) is 1. The first-order valence-electron chi connectivity index (χ1n) is 14.9. The quantitative estimate of drug-likeness (QED) is 0.193. The fourth-order valence-corrected chi connectivity index (χ4v) is 6.83. The lowest BCUT2D eigenvalue weighted by atomic mass is 9.83. The second-order valence-corrected chi connectivity index (χ2v) is 14.4. The Hall–Kier alpha value is -2.70. The van der Waals surface area contributed by atoms with E-state index in [9.17, 15) is 32.4 Å². The van der Waals surface area contributed by atoms with E-state index in [1.807, 2.05) is 6.92 Å². The second-order valence-electron chi connectivity index (χ2n) is 12.0. The molecule has 0 aliphatic heterocycles. The molecule has 234 valence electrons. The van der Waals surface area contributed by atoms with Gasteiger partial charge in [-0.3, -0.25) is 19.2 Å². The maximum atomic E-state index is 13.8. The molecule has 12 nitrogen and oxygen atoms in total. The standard InChI is InChI=1S/C28H49N5O7S/c1-6-15-33(19(5)25(36)30-21(16-20-11-12-20)23(34)24(29)35)26(37)22(18(3)4)31-27(38)32-28(13-9-8-10-14-28)17-41(39,40)7-2/h18-22H,6-17H2,1-5H3,(H2,29,35)(H,30,36)(H2,31,32,38)/t19-,21?,22-/m0/s1. The SMILES string of the molecule is CCCN(C(=O)[C@@H](NC(=O)NC1(CS(=O)(=O)CC)CCCCC1)C(C)C)[C@@H](C)C(=O)NC(CC1CC1)C(=O)C(N)=O. The van der Waals surface area contributed by atoms with Crippen LogP contribution in [0.2, 0.25) is 0 Å². The lowest BCUT2D eigenvalue weighted by Gasteiger charge is -2.39. The summed E-state index contributed by atoms with van der Waals surface area (Å²) in [6.45, 7) is 8.73. The minimum absolute atomic E-state index is 0.0242. The smallest absolute Gasteiger partial charge is 0.315 e. The van der Waals surface area contributed by atoms with Crippen molar-refractivity contribution >= 4 is 39.4 Å². The van der Waals surface area contributed by atoms with Crippen LogP contribution in [0.1, 0.15) is 92.4 Å². The van der Waals surface area contributed by atoms with Crippen LogP contribution >= 0.6 is 0 Å². The van der Waals surface area contributed by atoms with E-state index in [0.29, 0.717) is 25.7 Å². The van der Waals surface area contributed by atoms with Gasteiger partial charge in [-0.05, 0) is 44.4 Å². The Morgan fingerprint density at radius 2 is 1.59 bits per heavy atom. The molecular formula is C28H49N5O7S. The third-order valence-electron chi connectivity index (χ3n) is 8.08. The number of carbonyl (C=O) groups excluding carboxylic acids is 5. The molecule has 2 fully saturated rings. The van der Waals surface area contributed by atoms with Gasteiger partial charge in [0.2, 0.25) is 17.6 Å². The number of hydrogen-bond donors (Lipinski definition) is 4. The van der Waals surface area contributed by atoms with Crippen LogP contribution < -0.4 is 21.7 Å². The summed E-state index contributed by atoms with van der Waals surface area (Å²) in [6.07, 6.45) is 6.27. The number of amides is 5. The summed E-state index contributed by atoms with van der Waals surface area (Å²) in [6, 6.07) is -3.66. The van der Waals surface area contributed by atoms with Gasteiger partial charge in [-0.1, -0.05) is 59.8 Å². The van der Waals surface area contributed by atoms with E-state index in [0.717, 1.165) is 32.1 Å². The minimum atomic E-state index is -3.37. The zero-order valence-corrected chi connectivity index (χ0v) is 26.0. The Morgan fingerprint density at radius 1 is 0.976 bits per heavy atom. The first-order valence-corrected chi connectivity index (χ1v) is 16.7. The van der Waals surface area contributed by atoms with Gasteiger partial charge in [0, 0.05) is 12.3 Å². The molecule has 13 heteroatoms. The van der Waals surface area contributed by atoms with Crippen molar-refractivity contribution in [2.24, 2.45) is 17.6 Å². The Labute approximate surface area is 244 Å². The second kappa shape index (κ2) is 15.0. The van der Waals surface area contributed by atoms with E-state index in [2.05, 4.69) is 16.0 Å². The molecule has 2 rings (SSSR count). The maximum absolute atomic E-state index is 13.8. The lowest BCUT2D eigenvalue weighted by Crippen LogP contribution is -2.62. The molecule has 0 aromatic heterocycles. The zero-order valence-electron chi connectivity index (χ0n) is 25.2. The van der Waals surface area contributed by atoms with Crippen LogP contribution in [0.25, 0.3) is 0 Å². The highest BCUT2D eigenvalue weighted by Gasteiger charge is 2.40. The predicted molar refractivity (Wildman–Crippen MR) is 155 cm³/mol. The van der Waals surface area contributed by atoms with Crippen LogP contribution in [0.4, 0.5) is 4.79 Å². The Kier molecular flexibility index (Phi) is 12.6. The number of nitrogens with two attached hydrogens (primary N) is 1. The van der Waals surface area contributed by atoms with Crippen LogP contribution in [0, 0.1) is 11.8 Å². The third kappa shape index (κ3) is 10.3. The van der Waals surface area contributed by atoms with Crippen LogP contribution in [-0.4, -0.2) is 84.6 Å². The summed E-state index contributed by atoms with van der Waals surface area (Å²) >= 11 is 0. The van der Waals surface area contributed by atoms with Crippen molar-refractivity contribution in [3.63, 3.8) is 0 Å². The highest BCUT2D eigenvalue weighted by molar-refractivity contribution is 7.91. The lowest BCUT2D eigenvalue weighted by molar-refractivity contribution is -0.143. The van der Waals surface area contributed by atoms with E-state index in [-0.39, 0.29) is 29.9 Å². The molecule has 0 aromatic rings. The van der Waals surface area contributed by atoms with E-state index in [4.69, 9.17) is 5.73 Å². The molecular weight excluding hydrogens is 550 g/mol. The van der Waals surface area contributed by atoms with Crippen LogP contribution in [0.5, 0.6) is 0 Å². The van der Waals surface area contributed by atoms with Gasteiger partial charge in [0.05, 0.1) is 17.3 Å². The van der Waals surface area contributed by atoms with E-state index >= 15 is 0 Å². The summed E-state index contributed by atoms with van der Waals surface area (Å²) in [5.74, 6) is -3.35. The van der Waals surface area contributed by atoms with Crippen molar-refractivity contribution in [2.45, 2.75) is 116 Å². The molecule has 0 bridgehead atoms. The molecule has 0 spiro atoms. The average molecular weight is 600 g/mol. The summed E-state index contributed by atoms with van der Waals surface area (Å²) in [5, 5.41) is 8.27. The number of nitrogens with one attached hydrogen (secondary N) is 3. The maximum Gasteiger partial charge on any atom is 0.315 e.